The molecule has 0 radical (unpaired) electrons. The first-order chi connectivity index (χ1) is 7.81. The van der Waals surface area contributed by atoms with Gasteiger partial charge in [0, 0.05) is 23.5 Å². The number of likely N-dealkylation sites (tertiary alicyclic amines) is 1. The van der Waals surface area contributed by atoms with Gasteiger partial charge in [0.05, 0.1) is 6.61 Å². The Kier molecular flexibility index (Phi) is 4.38. The molecule has 1 N–H and O–H groups in total. The van der Waals surface area contributed by atoms with Crippen molar-refractivity contribution in [1.29, 1.82) is 0 Å². The smallest absolute Gasteiger partial charge is 0.0586 e. The molecule has 1 saturated heterocycles. The van der Waals surface area contributed by atoms with E-state index in [1.54, 1.807) is 0 Å². The van der Waals surface area contributed by atoms with Crippen LogP contribution in [0.1, 0.15) is 31.1 Å². The molecule has 1 aromatic rings. The van der Waals surface area contributed by atoms with Crippen LogP contribution in [-0.4, -0.2) is 35.2 Å². The normalized spacial score (nSPS) is 27.1. The number of nitrogens with zero attached hydrogens (tertiary/aromatic N) is 1. The van der Waals surface area contributed by atoms with Gasteiger partial charge >= 0.3 is 0 Å². The molecular weight excluding hydrogens is 218 g/mol. The molecule has 1 aromatic heterocycles. The van der Waals surface area contributed by atoms with Gasteiger partial charge in [-0.15, -0.1) is 11.3 Å². The van der Waals surface area contributed by atoms with Crippen LogP contribution in [0.25, 0.3) is 0 Å². The maximum absolute atomic E-state index is 9.40. The van der Waals surface area contributed by atoms with Gasteiger partial charge in [0.15, 0.2) is 0 Å². The molecule has 2 rings (SSSR count). The summed E-state index contributed by atoms with van der Waals surface area (Å²) >= 11 is 1.83. The third kappa shape index (κ3) is 2.84. The Morgan fingerprint density at radius 1 is 1.50 bits per heavy atom. The Morgan fingerprint density at radius 2 is 2.38 bits per heavy atom. The lowest BCUT2D eigenvalue weighted by Gasteiger charge is -2.39. The molecule has 2 nitrogen and oxygen atoms in total. The fraction of sp³-hybridized carbons (Fsp3) is 0.692. The summed E-state index contributed by atoms with van der Waals surface area (Å²) in [6.45, 7) is 3.69. The zero-order valence-corrected chi connectivity index (χ0v) is 10.7. The van der Waals surface area contributed by atoms with Crippen LogP contribution in [0, 0.1) is 0 Å². The number of hydrogen-bond donors (Lipinski definition) is 1. The van der Waals surface area contributed by atoms with Crippen molar-refractivity contribution in [2.75, 3.05) is 13.2 Å². The third-order valence-electron chi connectivity index (χ3n) is 3.60. The molecule has 0 aliphatic carbocycles. The highest BCUT2D eigenvalue weighted by atomic mass is 32.1. The molecule has 0 amide bonds. The zero-order chi connectivity index (χ0) is 11.4. The minimum atomic E-state index is 0.314. The fourth-order valence-corrected chi connectivity index (χ4v) is 3.33. The van der Waals surface area contributed by atoms with Crippen molar-refractivity contribution in [3.63, 3.8) is 0 Å². The molecule has 2 unspecified atom stereocenters. The molecule has 0 aromatic carbocycles. The lowest BCUT2D eigenvalue weighted by molar-refractivity contribution is 0.0531. The van der Waals surface area contributed by atoms with E-state index >= 15 is 0 Å². The zero-order valence-electron chi connectivity index (χ0n) is 9.93. The molecule has 1 aliphatic rings. The van der Waals surface area contributed by atoms with Crippen LogP contribution < -0.4 is 0 Å². The summed E-state index contributed by atoms with van der Waals surface area (Å²) < 4.78 is 0. The first-order valence-electron chi connectivity index (χ1n) is 6.20. The minimum Gasteiger partial charge on any atom is -0.395 e. The Hall–Kier alpha value is -0.380. The van der Waals surface area contributed by atoms with Crippen LogP contribution >= 0.6 is 11.3 Å². The van der Waals surface area contributed by atoms with E-state index in [-0.39, 0.29) is 0 Å². The number of rotatable bonds is 4. The van der Waals surface area contributed by atoms with E-state index in [9.17, 15) is 5.11 Å². The first-order valence-corrected chi connectivity index (χ1v) is 7.08. The second-order valence-corrected chi connectivity index (χ2v) is 5.72. The van der Waals surface area contributed by atoms with E-state index in [0.29, 0.717) is 18.7 Å². The van der Waals surface area contributed by atoms with Crippen LogP contribution in [-0.2, 0) is 6.42 Å². The van der Waals surface area contributed by atoms with Gasteiger partial charge in [0.1, 0.15) is 0 Å². The molecule has 3 heteroatoms. The Bertz CT molecular complexity index is 299. The topological polar surface area (TPSA) is 23.5 Å². The van der Waals surface area contributed by atoms with Gasteiger partial charge in [-0.2, -0.15) is 0 Å². The Morgan fingerprint density at radius 3 is 3.06 bits per heavy atom. The summed E-state index contributed by atoms with van der Waals surface area (Å²) in [7, 11) is 0. The van der Waals surface area contributed by atoms with Crippen LogP contribution in [0.2, 0.25) is 0 Å². The van der Waals surface area contributed by atoms with Crippen molar-refractivity contribution in [2.24, 2.45) is 0 Å². The van der Waals surface area contributed by atoms with Gasteiger partial charge in [-0.05, 0) is 37.6 Å². The predicted octanol–water partition coefficient (Wildman–Crippen LogP) is 2.53. The highest BCUT2D eigenvalue weighted by molar-refractivity contribution is 7.09. The molecule has 16 heavy (non-hydrogen) atoms. The number of thiophene rings is 1. The average molecular weight is 239 g/mol. The van der Waals surface area contributed by atoms with Crippen molar-refractivity contribution < 1.29 is 5.11 Å². The van der Waals surface area contributed by atoms with Crippen molar-refractivity contribution in [2.45, 2.75) is 44.7 Å². The molecule has 0 bridgehead atoms. The summed E-state index contributed by atoms with van der Waals surface area (Å²) in [5.41, 5.74) is 0. The summed E-state index contributed by atoms with van der Waals surface area (Å²) in [6.07, 6.45) is 4.83. The monoisotopic (exact) mass is 239 g/mol. The van der Waals surface area contributed by atoms with Gasteiger partial charge in [-0.25, -0.2) is 0 Å². The second-order valence-electron chi connectivity index (χ2n) is 4.68. The number of aliphatic hydroxyl groups is 1. The van der Waals surface area contributed by atoms with Crippen molar-refractivity contribution >= 4 is 11.3 Å². The molecule has 2 heterocycles. The van der Waals surface area contributed by atoms with Gasteiger partial charge in [-0.1, -0.05) is 12.5 Å². The van der Waals surface area contributed by atoms with Gasteiger partial charge in [-0.3, -0.25) is 4.90 Å². The van der Waals surface area contributed by atoms with Crippen LogP contribution in [0.15, 0.2) is 17.5 Å². The van der Waals surface area contributed by atoms with Gasteiger partial charge in [0.2, 0.25) is 0 Å². The average Bonchev–Trinajstić information content (AvgIpc) is 2.80. The SMILES string of the molecule is CC1CCCC(CO)N1CCc1cccs1. The molecule has 0 saturated carbocycles. The lowest BCUT2D eigenvalue weighted by Crippen LogP contribution is -2.47. The van der Waals surface area contributed by atoms with E-state index in [0.717, 1.165) is 19.4 Å². The minimum absolute atomic E-state index is 0.314. The summed E-state index contributed by atoms with van der Waals surface area (Å²) in [5.74, 6) is 0. The maximum atomic E-state index is 9.40. The van der Waals surface area contributed by atoms with Crippen molar-refractivity contribution in [1.82, 2.24) is 4.90 Å². The van der Waals surface area contributed by atoms with E-state index in [1.165, 1.54) is 17.7 Å². The number of aliphatic hydroxyl groups excluding tert-OH is 1. The predicted molar refractivity (Wildman–Crippen MR) is 68.9 cm³/mol. The molecule has 0 spiro atoms. The molecule has 1 aliphatic heterocycles. The van der Waals surface area contributed by atoms with E-state index in [1.807, 2.05) is 11.3 Å². The Labute approximate surface area is 102 Å². The lowest BCUT2D eigenvalue weighted by atomic mass is 9.96. The van der Waals surface area contributed by atoms with E-state index in [2.05, 4.69) is 29.3 Å². The standard InChI is InChI=1S/C13H21NOS/c1-11-4-2-5-12(10-15)14(11)8-7-13-6-3-9-16-13/h3,6,9,11-12,15H,2,4-5,7-8,10H2,1H3. The van der Waals surface area contributed by atoms with E-state index in [4.69, 9.17) is 0 Å². The highest BCUT2D eigenvalue weighted by Gasteiger charge is 2.26. The number of piperidine rings is 1. The Balaban J connectivity index is 1.90. The van der Waals surface area contributed by atoms with Gasteiger partial charge < -0.3 is 5.11 Å². The van der Waals surface area contributed by atoms with Crippen LogP contribution in [0.3, 0.4) is 0 Å². The quantitative estimate of drug-likeness (QED) is 0.873. The second kappa shape index (κ2) is 5.80. The molecule has 2 atom stereocenters. The number of hydrogen-bond acceptors (Lipinski definition) is 3. The summed E-state index contributed by atoms with van der Waals surface area (Å²) in [6, 6.07) is 5.34. The van der Waals surface area contributed by atoms with Crippen molar-refractivity contribution in [3.05, 3.63) is 22.4 Å². The molecule has 90 valence electrons. The summed E-state index contributed by atoms with van der Waals surface area (Å²) in [4.78, 5) is 3.94. The third-order valence-corrected chi connectivity index (χ3v) is 4.54. The van der Waals surface area contributed by atoms with Gasteiger partial charge in [0.25, 0.3) is 0 Å². The maximum Gasteiger partial charge on any atom is 0.0586 e. The largest absolute Gasteiger partial charge is 0.395 e. The van der Waals surface area contributed by atoms with Crippen molar-refractivity contribution in [3.8, 4) is 0 Å². The highest BCUT2D eigenvalue weighted by Crippen LogP contribution is 2.23. The van der Waals surface area contributed by atoms with E-state index < -0.39 is 0 Å². The first kappa shape index (κ1) is 12.1. The molecular formula is C13H21NOS. The summed E-state index contributed by atoms with van der Waals surface area (Å²) in [5, 5.41) is 11.5. The fourth-order valence-electron chi connectivity index (χ4n) is 2.63. The van der Waals surface area contributed by atoms with Crippen LogP contribution in [0.4, 0.5) is 0 Å². The van der Waals surface area contributed by atoms with Crippen LogP contribution in [0.5, 0.6) is 0 Å². The molecule has 1 fully saturated rings.